The lowest BCUT2D eigenvalue weighted by Crippen LogP contribution is -2.42. The second-order valence-corrected chi connectivity index (χ2v) is 5.12. The molecule has 2 rings (SSSR count). The molecule has 3 N–H and O–H groups in total. The number of rotatable bonds is 5. The number of halogens is 1. The van der Waals surface area contributed by atoms with Gasteiger partial charge in [0.25, 0.3) is 5.91 Å². The second kappa shape index (κ2) is 6.45. The Morgan fingerprint density at radius 1 is 1.19 bits per heavy atom. The largest absolute Gasteiger partial charge is 0.508 e. The molecule has 0 bridgehead atoms. The first-order chi connectivity index (χ1) is 9.95. The van der Waals surface area contributed by atoms with Crippen LogP contribution in [-0.2, 0) is 11.2 Å². The molecule has 110 valence electrons. The molecule has 1 aromatic carbocycles. The third kappa shape index (κ3) is 4.09. The van der Waals surface area contributed by atoms with Crippen molar-refractivity contribution in [2.75, 3.05) is 0 Å². The molecule has 7 heteroatoms. The minimum absolute atomic E-state index is 0.0267. The SMILES string of the molecule is O=C(N[C@@H](Cc1ccc(O)cc1)C(=O)O)c1ccc(Br)o1. The Balaban J connectivity index is 2.07. The Morgan fingerprint density at radius 3 is 2.38 bits per heavy atom. The highest BCUT2D eigenvalue weighted by Gasteiger charge is 2.22. The average Bonchev–Trinajstić information content (AvgIpc) is 2.87. The summed E-state index contributed by atoms with van der Waals surface area (Å²) >= 11 is 3.07. The molecule has 1 aromatic heterocycles. The van der Waals surface area contributed by atoms with Gasteiger partial charge >= 0.3 is 5.97 Å². The third-order valence-corrected chi connectivity index (χ3v) is 3.20. The molecule has 1 atom stereocenters. The summed E-state index contributed by atoms with van der Waals surface area (Å²) < 4.78 is 5.46. The molecule has 0 aliphatic rings. The number of nitrogens with one attached hydrogen (secondary N) is 1. The van der Waals surface area contributed by atoms with Crippen LogP contribution in [0.3, 0.4) is 0 Å². The molecule has 0 saturated heterocycles. The smallest absolute Gasteiger partial charge is 0.326 e. The number of phenols is 1. The number of aliphatic carboxylic acids is 1. The molecule has 1 amide bonds. The van der Waals surface area contributed by atoms with Crippen molar-refractivity contribution in [3.05, 3.63) is 52.4 Å². The number of aromatic hydroxyl groups is 1. The lowest BCUT2D eigenvalue weighted by atomic mass is 10.1. The van der Waals surface area contributed by atoms with E-state index in [-0.39, 0.29) is 17.9 Å². The highest BCUT2D eigenvalue weighted by Crippen LogP contribution is 2.15. The fraction of sp³-hybridized carbons (Fsp3) is 0.143. The summed E-state index contributed by atoms with van der Waals surface area (Å²) in [5.41, 5.74) is 0.682. The van der Waals surface area contributed by atoms with E-state index >= 15 is 0 Å². The van der Waals surface area contributed by atoms with Crippen LogP contribution in [0.4, 0.5) is 0 Å². The molecule has 6 nitrogen and oxygen atoms in total. The van der Waals surface area contributed by atoms with Crippen LogP contribution in [0.25, 0.3) is 0 Å². The fourth-order valence-electron chi connectivity index (χ4n) is 1.73. The fourth-order valence-corrected chi connectivity index (χ4v) is 2.04. The predicted octanol–water partition coefficient (Wildman–Crippen LogP) is 2.17. The number of amides is 1. The minimum Gasteiger partial charge on any atom is -0.508 e. The maximum Gasteiger partial charge on any atom is 0.326 e. The van der Waals surface area contributed by atoms with Crippen molar-refractivity contribution in [1.29, 1.82) is 0 Å². The van der Waals surface area contributed by atoms with Gasteiger partial charge in [-0.1, -0.05) is 12.1 Å². The molecular weight excluding hydrogens is 342 g/mol. The summed E-state index contributed by atoms with van der Waals surface area (Å²) in [6.45, 7) is 0. The van der Waals surface area contributed by atoms with Crippen LogP contribution in [0.2, 0.25) is 0 Å². The predicted molar refractivity (Wildman–Crippen MR) is 77.1 cm³/mol. The highest BCUT2D eigenvalue weighted by atomic mass is 79.9. The van der Waals surface area contributed by atoms with E-state index in [1.807, 2.05) is 0 Å². The monoisotopic (exact) mass is 353 g/mol. The summed E-state index contributed by atoms with van der Waals surface area (Å²) in [5.74, 6) is -1.64. The van der Waals surface area contributed by atoms with Gasteiger partial charge in [-0.25, -0.2) is 4.79 Å². The van der Waals surface area contributed by atoms with Gasteiger partial charge in [0.05, 0.1) is 0 Å². The quantitative estimate of drug-likeness (QED) is 0.764. The molecule has 0 spiro atoms. The third-order valence-electron chi connectivity index (χ3n) is 2.78. The summed E-state index contributed by atoms with van der Waals surface area (Å²) in [6, 6.07) is 8.01. The van der Waals surface area contributed by atoms with Crippen LogP contribution in [0.1, 0.15) is 16.1 Å². The van der Waals surface area contributed by atoms with Gasteiger partial charge in [-0.15, -0.1) is 0 Å². The van der Waals surface area contributed by atoms with Crippen molar-refractivity contribution in [2.24, 2.45) is 0 Å². The summed E-state index contributed by atoms with van der Waals surface area (Å²) in [5, 5.41) is 20.8. The topological polar surface area (TPSA) is 99.8 Å². The first-order valence-electron chi connectivity index (χ1n) is 6.02. The first kappa shape index (κ1) is 15.1. The summed E-state index contributed by atoms with van der Waals surface area (Å²) in [4.78, 5) is 23.1. The molecule has 1 heterocycles. The van der Waals surface area contributed by atoms with Crippen LogP contribution >= 0.6 is 15.9 Å². The zero-order valence-electron chi connectivity index (χ0n) is 10.7. The normalized spacial score (nSPS) is 11.9. The van der Waals surface area contributed by atoms with E-state index in [1.54, 1.807) is 18.2 Å². The number of carbonyl (C=O) groups is 2. The van der Waals surface area contributed by atoms with E-state index in [9.17, 15) is 19.8 Å². The Hall–Kier alpha value is -2.28. The molecular formula is C14H12BrNO5. The number of carbonyl (C=O) groups excluding carboxylic acids is 1. The van der Waals surface area contributed by atoms with E-state index in [0.717, 1.165) is 0 Å². The zero-order valence-corrected chi connectivity index (χ0v) is 12.3. The highest BCUT2D eigenvalue weighted by molar-refractivity contribution is 9.10. The van der Waals surface area contributed by atoms with Gasteiger partial charge in [0, 0.05) is 6.42 Å². The van der Waals surface area contributed by atoms with Gasteiger partial charge in [0.2, 0.25) is 0 Å². The van der Waals surface area contributed by atoms with Crippen molar-refractivity contribution >= 4 is 27.8 Å². The number of hydrogen-bond donors (Lipinski definition) is 3. The van der Waals surface area contributed by atoms with E-state index in [4.69, 9.17) is 4.42 Å². The Bertz CT molecular complexity index is 650. The van der Waals surface area contributed by atoms with E-state index in [2.05, 4.69) is 21.2 Å². The van der Waals surface area contributed by atoms with Crippen LogP contribution in [0, 0.1) is 0 Å². The lowest BCUT2D eigenvalue weighted by molar-refractivity contribution is -0.139. The maximum atomic E-state index is 11.9. The Morgan fingerprint density at radius 2 is 1.86 bits per heavy atom. The van der Waals surface area contributed by atoms with E-state index < -0.39 is 17.9 Å². The maximum absolute atomic E-state index is 11.9. The molecule has 0 fully saturated rings. The molecule has 0 aliphatic heterocycles. The standard InChI is InChI=1S/C14H12BrNO5/c15-12-6-5-11(21-12)13(18)16-10(14(19)20)7-8-1-3-9(17)4-2-8/h1-6,10,17H,7H2,(H,16,18)(H,19,20)/t10-/m0/s1. The number of furan rings is 1. The van der Waals surface area contributed by atoms with Gasteiger partial charge in [-0.2, -0.15) is 0 Å². The van der Waals surface area contributed by atoms with E-state index in [1.165, 1.54) is 18.2 Å². The van der Waals surface area contributed by atoms with Crippen molar-refractivity contribution in [2.45, 2.75) is 12.5 Å². The lowest BCUT2D eigenvalue weighted by Gasteiger charge is -2.13. The van der Waals surface area contributed by atoms with E-state index in [0.29, 0.717) is 10.2 Å². The number of carboxylic acids is 1. The van der Waals surface area contributed by atoms with Crippen LogP contribution in [0.15, 0.2) is 45.5 Å². The molecule has 0 saturated carbocycles. The molecule has 2 aromatic rings. The number of hydrogen-bond acceptors (Lipinski definition) is 4. The molecule has 0 aliphatic carbocycles. The van der Waals surface area contributed by atoms with Gasteiger partial charge in [0.15, 0.2) is 10.4 Å². The number of phenolic OH excluding ortho intramolecular Hbond substituents is 1. The minimum atomic E-state index is -1.15. The van der Waals surface area contributed by atoms with Crippen molar-refractivity contribution in [3.63, 3.8) is 0 Å². The van der Waals surface area contributed by atoms with Crippen LogP contribution in [-0.4, -0.2) is 28.1 Å². The molecule has 0 radical (unpaired) electrons. The number of carboxylic acid groups (broad SMARTS) is 1. The number of benzene rings is 1. The van der Waals surface area contributed by atoms with Gasteiger partial charge in [0.1, 0.15) is 11.8 Å². The van der Waals surface area contributed by atoms with Crippen molar-refractivity contribution in [1.82, 2.24) is 5.32 Å². The summed E-state index contributed by atoms with van der Waals surface area (Å²) in [7, 11) is 0. The Kier molecular flexibility index (Phi) is 4.64. The van der Waals surface area contributed by atoms with Crippen LogP contribution < -0.4 is 5.32 Å². The van der Waals surface area contributed by atoms with Gasteiger partial charge < -0.3 is 19.9 Å². The zero-order chi connectivity index (χ0) is 15.4. The van der Waals surface area contributed by atoms with Crippen molar-refractivity contribution < 1.29 is 24.2 Å². The summed E-state index contributed by atoms with van der Waals surface area (Å²) in [6.07, 6.45) is 0.100. The Labute approximate surface area is 128 Å². The molecule has 0 unspecified atom stereocenters. The first-order valence-corrected chi connectivity index (χ1v) is 6.82. The van der Waals surface area contributed by atoms with Gasteiger partial charge in [-0.3, -0.25) is 4.79 Å². The molecule has 21 heavy (non-hydrogen) atoms. The second-order valence-electron chi connectivity index (χ2n) is 4.34. The van der Waals surface area contributed by atoms with Crippen molar-refractivity contribution in [3.8, 4) is 5.75 Å². The van der Waals surface area contributed by atoms with Crippen LogP contribution in [0.5, 0.6) is 5.75 Å². The van der Waals surface area contributed by atoms with Gasteiger partial charge in [-0.05, 0) is 45.8 Å². The average molecular weight is 354 g/mol.